The molecule has 290 valence electrons. The van der Waals surface area contributed by atoms with Crippen LogP contribution in [0.2, 0.25) is 0 Å². The molecule has 7 heteroatoms. The first-order valence-electron chi connectivity index (χ1n) is 20.5. The van der Waals surface area contributed by atoms with Crippen molar-refractivity contribution in [2.24, 2.45) is 0 Å². The van der Waals surface area contributed by atoms with Crippen LogP contribution in [0.4, 0.5) is 0 Å². The number of benzene rings is 8. The van der Waals surface area contributed by atoms with Gasteiger partial charge in [0.1, 0.15) is 0 Å². The Hall–Kier alpha value is -8.65. The van der Waals surface area contributed by atoms with Gasteiger partial charge in [-0.25, -0.2) is 15.0 Å². The van der Waals surface area contributed by atoms with Gasteiger partial charge in [-0.1, -0.05) is 108 Å². The lowest BCUT2D eigenvalue weighted by Crippen LogP contribution is -2.06. The molecule has 11 rings (SSSR count). The molecule has 7 nitrogen and oxygen atoms in total. The largest absolute Gasteiger partial charge is 0.309 e. The smallest absolute Gasteiger partial charge is 0.166 e. The summed E-state index contributed by atoms with van der Waals surface area (Å²) in [4.78, 5) is 16.0. The maximum absolute atomic E-state index is 10.3. The van der Waals surface area contributed by atoms with E-state index in [2.05, 4.69) is 138 Å². The average Bonchev–Trinajstić information content (AvgIpc) is 3.83. The fraction of sp³-hybridized carbons (Fsp3) is 0.0364. The van der Waals surface area contributed by atoms with Crippen LogP contribution < -0.4 is 0 Å². The average molecular weight is 794 g/mol. The quantitative estimate of drug-likeness (QED) is 0.167. The van der Waals surface area contributed by atoms with Crippen LogP contribution in [0.3, 0.4) is 0 Å². The van der Waals surface area contributed by atoms with E-state index in [9.17, 15) is 10.5 Å². The maximum atomic E-state index is 10.3. The highest BCUT2D eigenvalue weighted by Crippen LogP contribution is 2.40. The molecule has 0 amide bonds. The van der Waals surface area contributed by atoms with E-state index in [1.165, 1.54) is 11.1 Å². The van der Waals surface area contributed by atoms with E-state index in [4.69, 9.17) is 15.0 Å². The van der Waals surface area contributed by atoms with Crippen LogP contribution in [-0.4, -0.2) is 24.1 Å². The molecule has 0 fully saturated rings. The lowest BCUT2D eigenvalue weighted by atomic mass is 9.99. The normalized spacial score (nSPS) is 11.4. The summed E-state index contributed by atoms with van der Waals surface area (Å²) in [6, 6.07) is 64.3. The number of nitrogens with zero attached hydrogens (tertiary/aromatic N) is 7. The van der Waals surface area contributed by atoms with Gasteiger partial charge in [0.05, 0.1) is 56.7 Å². The molecule has 0 saturated carbocycles. The van der Waals surface area contributed by atoms with Gasteiger partial charge in [0.2, 0.25) is 0 Å². The van der Waals surface area contributed by atoms with E-state index < -0.39 is 0 Å². The molecule has 0 unspecified atom stereocenters. The number of rotatable bonds is 6. The highest BCUT2D eigenvalue weighted by atomic mass is 15.1. The van der Waals surface area contributed by atoms with Crippen LogP contribution in [0.5, 0.6) is 0 Å². The summed E-state index contributed by atoms with van der Waals surface area (Å²) in [5.41, 5.74) is 13.4. The van der Waals surface area contributed by atoms with E-state index in [0.29, 0.717) is 34.2 Å². The van der Waals surface area contributed by atoms with Crippen LogP contribution in [0.15, 0.2) is 176 Å². The zero-order valence-corrected chi connectivity index (χ0v) is 33.9. The van der Waals surface area contributed by atoms with Gasteiger partial charge in [-0.15, -0.1) is 0 Å². The van der Waals surface area contributed by atoms with Gasteiger partial charge < -0.3 is 9.13 Å². The van der Waals surface area contributed by atoms with Crippen LogP contribution in [-0.2, 0) is 0 Å². The molecule has 11 aromatic rings. The third-order valence-electron chi connectivity index (χ3n) is 11.7. The Bertz CT molecular complexity index is 3690. The second kappa shape index (κ2) is 14.6. The van der Waals surface area contributed by atoms with Crippen molar-refractivity contribution in [1.82, 2.24) is 24.1 Å². The number of hydrogen-bond acceptors (Lipinski definition) is 5. The molecule has 3 heterocycles. The topological polar surface area (TPSA) is 96.1 Å². The molecule has 0 N–H and O–H groups in total. The van der Waals surface area contributed by atoms with E-state index in [0.717, 1.165) is 77.2 Å². The Morgan fingerprint density at radius 1 is 0.371 bits per heavy atom. The maximum Gasteiger partial charge on any atom is 0.166 e. The molecule has 0 spiro atoms. The van der Waals surface area contributed by atoms with Crippen molar-refractivity contribution >= 4 is 43.6 Å². The molecule has 0 atom stereocenters. The van der Waals surface area contributed by atoms with Crippen LogP contribution in [0.1, 0.15) is 22.3 Å². The van der Waals surface area contributed by atoms with Gasteiger partial charge in [-0.3, -0.25) is 0 Å². The fourth-order valence-electron chi connectivity index (χ4n) is 8.86. The number of aromatic nitrogens is 5. The Morgan fingerprint density at radius 3 is 1.47 bits per heavy atom. The summed E-state index contributed by atoms with van der Waals surface area (Å²) in [6.07, 6.45) is 0. The SMILES string of the molecule is Cc1ccc2c(c1)c1ccccc1n2-c1ccc(C#N)cc1-c1nc(-c2ccccc2)nc(-c2cc(-c3cccc(C#N)c3)ccc2-n2c3ccccc3c3cc(C)ccc32)n1. The van der Waals surface area contributed by atoms with Crippen molar-refractivity contribution in [1.29, 1.82) is 10.5 Å². The number of fused-ring (bicyclic) bond motifs is 6. The predicted molar refractivity (Wildman–Crippen MR) is 249 cm³/mol. The number of nitriles is 2. The zero-order valence-electron chi connectivity index (χ0n) is 33.9. The molecule has 0 aliphatic carbocycles. The monoisotopic (exact) mass is 793 g/mol. The number of hydrogen-bond donors (Lipinski definition) is 0. The first-order chi connectivity index (χ1) is 30.4. The first kappa shape index (κ1) is 36.4. The van der Waals surface area contributed by atoms with Crippen LogP contribution in [0, 0.1) is 36.5 Å². The molecule has 0 saturated heterocycles. The third kappa shape index (κ3) is 6.00. The van der Waals surface area contributed by atoms with Crippen molar-refractivity contribution in [2.45, 2.75) is 13.8 Å². The van der Waals surface area contributed by atoms with Gasteiger partial charge in [0.15, 0.2) is 17.5 Å². The van der Waals surface area contributed by atoms with E-state index in [-0.39, 0.29) is 0 Å². The summed E-state index contributed by atoms with van der Waals surface area (Å²) in [6.45, 7) is 4.23. The van der Waals surface area contributed by atoms with E-state index in [1.54, 1.807) is 0 Å². The minimum absolute atomic E-state index is 0.430. The lowest BCUT2D eigenvalue weighted by Gasteiger charge is -2.17. The third-order valence-corrected chi connectivity index (χ3v) is 11.7. The van der Waals surface area contributed by atoms with Gasteiger partial charge in [0.25, 0.3) is 0 Å². The van der Waals surface area contributed by atoms with Gasteiger partial charge >= 0.3 is 0 Å². The van der Waals surface area contributed by atoms with Gasteiger partial charge in [-0.05, 0) is 104 Å². The van der Waals surface area contributed by atoms with E-state index in [1.807, 2.05) is 72.8 Å². The lowest BCUT2D eigenvalue weighted by molar-refractivity contribution is 1.06. The molecule has 62 heavy (non-hydrogen) atoms. The van der Waals surface area contributed by atoms with Crippen molar-refractivity contribution < 1.29 is 0 Å². The second-order valence-electron chi connectivity index (χ2n) is 15.7. The molecule has 3 aromatic heterocycles. The Kier molecular flexibility index (Phi) is 8.56. The van der Waals surface area contributed by atoms with Gasteiger partial charge in [0, 0.05) is 38.2 Å². The molecule has 8 aromatic carbocycles. The predicted octanol–water partition coefficient (Wildman–Crippen LogP) is 13.1. The summed E-state index contributed by atoms with van der Waals surface area (Å²) < 4.78 is 4.54. The minimum Gasteiger partial charge on any atom is -0.309 e. The summed E-state index contributed by atoms with van der Waals surface area (Å²) in [5, 5.41) is 24.8. The zero-order chi connectivity index (χ0) is 41.9. The second-order valence-corrected chi connectivity index (χ2v) is 15.7. The molecule has 0 aliphatic heterocycles. The Labute approximate surface area is 357 Å². The number of aryl methyl sites for hydroxylation is 2. The Morgan fingerprint density at radius 2 is 0.855 bits per heavy atom. The Balaban J connectivity index is 1.24. The molecule has 0 aliphatic rings. The van der Waals surface area contributed by atoms with E-state index >= 15 is 0 Å². The van der Waals surface area contributed by atoms with Crippen molar-refractivity contribution in [3.8, 4) is 68.8 Å². The van der Waals surface area contributed by atoms with Crippen molar-refractivity contribution in [2.75, 3.05) is 0 Å². The summed E-state index contributed by atoms with van der Waals surface area (Å²) >= 11 is 0. The fourth-order valence-corrected chi connectivity index (χ4v) is 8.86. The standard InChI is InChI=1S/C55H35N7/c1-34-19-23-49-43(27-34)41-15-6-8-17-47(41)61(49)51-25-21-37(33-57)30-45(51)54-58-53(38-12-4-3-5-13-38)59-55(60-54)46-31-40(39-14-10-11-36(29-39)32-56)22-26-52(46)62-48-18-9-7-16-42(48)44-28-35(2)20-24-50(44)62/h3-31H,1-2H3. The van der Waals surface area contributed by atoms with Crippen molar-refractivity contribution in [3.63, 3.8) is 0 Å². The number of para-hydroxylation sites is 2. The minimum atomic E-state index is 0.430. The molecule has 0 radical (unpaired) electrons. The molecule has 0 bridgehead atoms. The summed E-state index contributed by atoms with van der Waals surface area (Å²) in [5.74, 6) is 1.39. The van der Waals surface area contributed by atoms with Crippen LogP contribution >= 0.6 is 0 Å². The van der Waals surface area contributed by atoms with Crippen LogP contribution in [0.25, 0.3) is 100 Å². The highest BCUT2D eigenvalue weighted by molar-refractivity contribution is 6.11. The first-order valence-corrected chi connectivity index (χ1v) is 20.5. The highest BCUT2D eigenvalue weighted by Gasteiger charge is 2.23. The van der Waals surface area contributed by atoms with Gasteiger partial charge in [-0.2, -0.15) is 10.5 Å². The van der Waals surface area contributed by atoms with Crippen molar-refractivity contribution in [3.05, 3.63) is 198 Å². The molecular formula is C55H35N7. The molecular weight excluding hydrogens is 759 g/mol. The summed E-state index contributed by atoms with van der Waals surface area (Å²) in [7, 11) is 0.